The predicted molar refractivity (Wildman–Crippen MR) is 74.2 cm³/mol. The number of nitriles is 2. The highest BCUT2D eigenvalue weighted by atomic mass is 32.1. The van der Waals surface area contributed by atoms with E-state index in [4.69, 9.17) is 10.5 Å². The van der Waals surface area contributed by atoms with Crippen LogP contribution in [0.5, 0.6) is 0 Å². The molecular formula is C13H15N5S. The third-order valence-electron chi connectivity index (χ3n) is 2.97. The second kappa shape index (κ2) is 6.89. The average Bonchev–Trinajstić information content (AvgIpc) is 2.89. The number of thiazole rings is 1. The summed E-state index contributed by atoms with van der Waals surface area (Å²) in [5.41, 5.74) is 1.09. The first-order valence-corrected chi connectivity index (χ1v) is 7.13. The number of aromatic nitrogens is 1. The van der Waals surface area contributed by atoms with E-state index in [2.05, 4.69) is 15.2 Å². The predicted octanol–water partition coefficient (Wildman–Crippen LogP) is 2.47. The Morgan fingerprint density at radius 1 is 1.37 bits per heavy atom. The van der Waals surface area contributed by atoms with Gasteiger partial charge in [0.1, 0.15) is 17.7 Å². The van der Waals surface area contributed by atoms with E-state index in [0.29, 0.717) is 0 Å². The third kappa shape index (κ3) is 4.06. The minimum atomic E-state index is 0.0489. The Balaban J connectivity index is 1.90. The molecule has 1 saturated heterocycles. The third-order valence-corrected chi connectivity index (χ3v) is 3.79. The van der Waals surface area contributed by atoms with Crippen LogP contribution in [0.15, 0.2) is 17.2 Å². The molecule has 0 bridgehead atoms. The fourth-order valence-electron chi connectivity index (χ4n) is 2.02. The monoisotopic (exact) mass is 273 g/mol. The van der Waals surface area contributed by atoms with Crippen LogP contribution in [0.3, 0.4) is 0 Å². The number of hydrogen-bond acceptors (Lipinski definition) is 6. The normalized spacial score (nSPS) is 15.3. The van der Waals surface area contributed by atoms with E-state index >= 15 is 0 Å². The van der Waals surface area contributed by atoms with E-state index in [1.54, 1.807) is 12.1 Å². The molecule has 2 rings (SSSR count). The Labute approximate surface area is 116 Å². The van der Waals surface area contributed by atoms with E-state index in [-0.39, 0.29) is 5.57 Å². The van der Waals surface area contributed by atoms with Crippen LogP contribution in [0.2, 0.25) is 0 Å². The van der Waals surface area contributed by atoms with Gasteiger partial charge in [-0.15, -0.1) is 11.3 Å². The standard InChI is InChI=1S/C13H15N5S/c14-6-11(7-15)8-16-13-17-12(10-19-13)9-18-4-2-1-3-5-18/h8,10H,1-5,9H2,(H,16,17). The van der Waals surface area contributed by atoms with Crippen LogP contribution in [0.1, 0.15) is 25.0 Å². The van der Waals surface area contributed by atoms with Crippen molar-refractivity contribution in [3.8, 4) is 12.1 Å². The van der Waals surface area contributed by atoms with Gasteiger partial charge in [0.2, 0.25) is 0 Å². The molecule has 0 spiro atoms. The SMILES string of the molecule is N#CC(C#N)=CNc1nc(CN2CCCCC2)cs1. The van der Waals surface area contributed by atoms with Gasteiger partial charge in [0, 0.05) is 18.1 Å². The average molecular weight is 273 g/mol. The fourth-order valence-corrected chi connectivity index (χ4v) is 2.69. The molecule has 0 unspecified atom stereocenters. The van der Waals surface area contributed by atoms with E-state index in [0.717, 1.165) is 30.5 Å². The van der Waals surface area contributed by atoms with Crippen molar-refractivity contribution < 1.29 is 0 Å². The van der Waals surface area contributed by atoms with Crippen molar-refractivity contribution in [1.29, 1.82) is 10.5 Å². The maximum absolute atomic E-state index is 8.62. The lowest BCUT2D eigenvalue weighted by atomic mass is 10.1. The molecule has 0 saturated carbocycles. The van der Waals surface area contributed by atoms with E-state index < -0.39 is 0 Å². The number of anilines is 1. The van der Waals surface area contributed by atoms with Gasteiger partial charge in [0.05, 0.1) is 5.69 Å². The largest absolute Gasteiger partial charge is 0.336 e. The molecule has 1 aromatic rings. The van der Waals surface area contributed by atoms with Crippen LogP contribution in [0.4, 0.5) is 5.13 Å². The quantitative estimate of drug-likeness (QED) is 0.853. The van der Waals surface area contributed by atoms with Crippen molar-refractivity contribution >= 4 is 16.5 Å². The molecule has 0 amide bonds. The summed E-state index contributed by atoms with van der Waals surface area (Å²) in [6, 6.07) is 3.60. The highest BCUT2D eigenvalue weighted by molar-refractivity contribution is 7.13. The van der Waals surface area contributed by atoms with Gasteiger partial charge < -0.3 is 5.32 Å². The lowest BCUT2D eigenvalue weighted by Gasteiger charge is -2.25. The van der Waals surface area contributed by atoms with Crippen molar-refractivity contribution in [2.45, 2.75) is 25.8 Å². The van der Waals surface area contributed by atoms with Crippen LogP contribution in [-0.4, -0.2) is 23.0 Å². The van der Waals surface area contributed by atoms with Gasteiger partial charge in [-0.2, -0.15) is 10.5 Å². The number of allylic oxidation sites excluding steroid dienone is 1. The zero-order valence-corrected chi connectivity index (χ0v) is 11.4. The Hall–Kier alpha value is -1.89. The summed E-state index contributed by atoms with van der Waals surface area (Å²) in [4.78, 5) is 6.86. The number of rotatable bonds is 4. The Morgan fingerprint density at radius 2 is 2.11 bits per heavy atom. The lowest BCUT2D eigenvalue weighted by Crippen LogP contribution is -2.29. The van der Waals surface area contributed by atoms with E-state index in [1.807, 2.05) is 5.38 Å². The molecule has 0 aliphatic carbocycles. The molecule has 1 aliphatic heterocycles. The van der Waals surface area contributed by atoms with Crippen LogP contribution in [0.25, 0.3) is 0 Å². The Bertz CT molecular complexity index is 512. The lowest BCUT2D eigenvalue weighted by molar-refractivity contribution is 0.219. The molecule has 5 nitrogen and oxygen atoms in total. The number of nitrogens with zero attached hydrogens (tertiary/aromatic N) is 4. The maximum Gasteiger partial charge on any atom is 0.186 e. The molecule has 1 aromatic heterocycles. The van der Waals surface area contributed by atoms with Gasteiger partial charge >= 0.3 is 0 Å². The first-order valence-electron chi connectivity index (χ1n) is 6.25. The second-order valence-electron chi connectivity index (χ2n) is 4.41. The zero-order chi connectivity index (χ0) is 13.5. The topological polar surface area (TPSA) is 75.7 Å². The number of hydrogen-bond donors (Lipinski definition) is 1. The summed E-state index contributed by atoms with van der Waals surface area (Å²) in [5, 5.41) is 22.9. The minimum absolute atomic E-state index is 0.0489. The Kier molecular flexibility index (Phi) is 4.91. The molecule has 0 radical (unpaired) electrons. The number of nitrogens with one attached hydrogen (secondary N) is 1. The van der Waals surface area contributed by atoms with Crippen molar-refractivity contribution in [2.75, 3.05) is 18.4 Å². The zero-order valence-electron chi connectivity index (χ0n) is 10.6. The number of likely N-dealkylation sites (tertiary alicyclic amines) is 1. The number of piperidine rings is 1. The van der Waals surface area contributed by atoms with Gasteiger partial charge in [-0.3, -0.25) is 4.90 Å². The molecule has 1 N–H and O–H groups in total. The summed E-state index contributed by atoms with van der Waals surface area (Å²) >= 11 is 1.49. The molecule has 0 aromatic carbocycles. The van der Waals surface area contributed by atoms with E-state index in [9.17, 15) is 0 Å². The van der Waals surface area contributed by atoms with Gasteiger partial charge in [0.25, 0.3) is 0 Å². The van der Waals surface area contributed by atoms with Gasteiger partial charge in [-0.1, -0.05) is 6.42 Å². The van der Waals surface area contributed by atoms with Gasteiger partial charge in [-0.05, 0) is 25.9 Å². The Morgan fingerprint density at radius 3 is 2.79 bits per heavy atom. The molecule has 2 heterocycles. The summed E-state index contributed by atoms with van der Waals surface area (Å²) in [6.07, 6.45) is 5.26. The minimum Gasteiger partial charge on any atom is -0.336 e. The maximum atomic E-state index is 8.62. The summed E-state index contributed by atoms with van der Waals surface area (Å²) in [6.45, 7) is 3.17. The molecule has 1 aliphatic rings. The van der Waals surface area contributed by atoms with Crippen molar-refractivity contribution in [3.05, 3.63) is 22.8 Å². The first kappa shape index (κ1) is 13.5. The summed E-state index contributed by atoms with van der Waals surface area (Å²) in [5.74, 6) is 0. The van der Waals surface area contributed by atoms with Crippen LogP contribution >= 0.6 is 11.3 Å². The first-order chi connectivity index (χ1) is 9.31. The van der Waals surface area contributed by atoms with Crippen molar-refractivity contribution in [2.24, 2.45) is 0 Å². The molecule has 98 valence electrons. The fraction of sp³-hybridized carbons (Fsp3) is 0.462. The van der Waals surface area contributed by atoms with Crippen molar-refractivity contribution in [1.82, 2.24) is 9.88 Å². The van der Waals surface area contributed by atoms with Gasteiger partial charge in [-0.25, -0.2) is 4.98 Å². The summed E-state index contributed by atoms with van der Waals surface area (Å²) in [7, 11) is 0. The second-order valence-corrected chi connectivity index (χ2v) is 5.26. The van der Waals surface area contributed by atoms with Crippen LogP contribution < -0.4 is 5.32 Å². The molecule has 1 fully saturated rings. The van der Waals surface area contributed by atoms with Crippen LogP contribution in [-0.2, 0) is 6.54 Å². The molecule has 0 atom stereocenters. The summed E-state index contributed by atoms with van der Waals surface area (Å²) < 4.78 is 0. The van der Waals surface area contributed by atoms with Crippen molar-refractivity contribution in [3.63, 3.8) is 0 Å². The van der Waals surface area contributed by atoms with E-state index in [1.165, 1.54) is 36.8 Å². The van der Waals surface area contributed by atoms with Gasteiger partial charge in [0.15, 0.2) is 5.13 Å². The highest BCUT2D eigenvalue weighted by Gasteiger charge is 2.12. The molecule has 19 heavy (non-hydrogen) atoms. The smallest absolute Gasteiger partial charge is 0.186 e. The molecule has 6 heteroatoms. The highest BCUT2D eigenvalue weighted by Crippen LogP contribution is 2.18. The van der Waals surface area contributed by atoms with Crippen LogP contribution in [0, 0.1) is 22.7 Å². The molecular weight excluding hydrogens is 258 g/mol.